The van der Waals surface area contributed by atoms with Crippen LogP contribution in [0.4, 0.5) is 4.39 Å². The molecule has 1 heterocycles. The molecule has 0 aliphatic carbocycles. The molecule has 1 aliphatic rings. The third-order valence-corrected chi connectivity index (χ3v) is 6.55. The molecular weight excluding hydrogens is 385 g/mol. The van der Waals surface area contributed by atoms with Crippen molar-refractivity contribution in [1.82, 2.24) is 4.90 Å². The first-order valence-electron chi connectivity index (χ1n) is 8.81. The molecule has 0 radical (unpaired) electrons. The third kappa shape index (κ3) is 4.44. The van der Waals surface area contributed by atoms with Gasteiger partial charge in [-0.2, -0.15) is 0 Å². The van der Waals surface area contributed by atoms with Gasteiger partial charge in [0.1, 0.15) is 5.82 Å². The quantitative estimate of drug-likeness (QED) is 0.736. The number of halogens is 1. The van der Waals surface area contributed by atoms with Gasteiger partial charge in [-0.1, -0.05) is 6.07 Å². The van der Waals surface area contributed by atoms with Crippen LogP contribution in [0.25, 0.3) is 0 Å². The molecule has 0 aromatic heterocycles. The van der Waals surface area contributed by atoms with Crippen LogP contribution in [0.1, 0.15) is 22.3 Å². The molecule has 0 bridgehead atoms. The van der Waals surface area contributed by atoms with Crippen molar-refractivity contribution in [3.8, 4) is 11.5 Å². The fourth-order valence-corrected chi connectivity index (χ4v) is 5.05. The van der Waals surface area contributed by atoms with Gasteiger partial charge in [0.05, 0.1) is 25.7 Å². The summed E-state index contributed by atoms with van der Waals surface area (Å²) in [5.41, 5.74) is 1.09. The van der Waals surface area contributed by atoms with Crippen LogP contribution in [0.15, 0.2) is 42.5 Å². The number of methoxy groups -OCH3 is 2. The Morgan fingerprint density at radius 3 is 2.36 bits per heavy atom. The molecule has 0 saturated carbocycles. The van der Waals surface area contributed by atoms with Crippen LogP contribution in [-0.4, -0.2) is 51.0 Å². The van der Waals surface area contributed by atoms with E-state index in [1.54, 1.807) is 23.1 Å². The number of hydrogen-bond donors (Lipinski definition) is 0. The van der Waals surface area contributed by atoms with Crippen LogP contribution in [-0.2, 0) is 16.4 Å². The molecule has 150 valence electrons. The summed E-state index contributed by atoms with van der Waals surface area (Å²) < 4.78 is 47.7. The number of carbonyl (C=O) groups is 1. The van der Waals surface area contributed by atoms with Gasteiger partial charge in [-0.05, 0) is 48.4 Å². The number of nitrogens with zero attached hydrogens (tertiary/aromatic N) is 1. The highest BCUT2D eigenvalue weighted by Crippen LogP contribution is 2.29. The number of carbonyl (C=O) groups excluding carboxylic acids is 1. The predicted molar refractivity (Wildman–Crippen MR) is 103 cm³/mol. The molecule has 0 unspecified atom stereocenters. The maximum absolute atomic E-state index is 13.2. The fourth-order valence-electron chi connectivity index (χ4n) is 3.32. The zero-order valence-corrected chi connectivity index (χ0v) is 16.5. The number of sulfone groups is 1. The lowest BCUT2D eigenvalue weighted by molar-refractivity contribution is 0.0680. The normalized spacial score (nSPS) is 17.9. The second kappa shape index (κ2) is 8.18. The summed E-state index contributed by atoms with van der Waals surface area (Å²) in [4.78, 5) is 14.6. The molecule has 6 nitrogen and oxygen atoms in total. The van der Waals surface area contributed by atoms with Gasteiger partial charge in [0, 0.05) is 18.2 Å². The van der Waals surface area contributed by atoms with Crippen molar-refractivity contribution in [2.24, 2.45) is 0 Å². The maximum atomic E-state index is 13.2. The highest BCUT2D eigenvalue weighted by atomic mass is 32.2. The van der Waals surface area contributed by atoms with E-state index in [0.717, 1.165) is 5.56 Å². The topological polar surface area (TPSA) is 72.9 Å². The Morgan fingerprint density at radius 2 is 1.79 bits per heavy atom. The van der Waals surface area contributed by atoms with Crippen molar-refractivity contribution < 1.29 is 27.1 Å². The van der Waals surface area contributed by atoms with Crippen LogP contribution in [0.3, 0.4) is 0 Å². The van der Waals surface area contributed by atoms with Gasteiger partial charge >= 0.3 is 0 Å². The average Bonchev–Trinajstić information content (AvgIpc) is 3.05. The van der Waals surface area contributed by atoms with Crippen molar-refractivity contribution in [2.45, 2.75) is 19.0 Å². The van der Waals surface area contributed by atoms with E-state index >= 15 is 0 Å². The summed E-state index contributed by atoms with van der Waals surface area (Å²) in [7, 11) is -0.124. The van der Waals surface area contributed by atoms with E-state index in [1.807, 2.05) is 0 Å². The Balaban J connectivity index is 1.92. The summed E-state index contributed by atoms with van der Waals surface area (Å²) in [5.74, 6) is 0.284. The third-order valence-electron chi connectivity index (χ3n) is 4.80. The summed E-state index contributed by atoms with van der Waals surface area (Å²) in [6.45, 7) is 0.205. The molecule has 28 heavy (non-hydrogen) atoms. The minimum absolute atomic E-state index is 0.0524. The van der Waals surface area contributed by atoms with E-state index < -0.39 is 21.7 Å². The predicted octanol–water partition coefficient (Wildman–Crippen LogP) is 2.67. The van der Waals surface area contributed by atoms with Gasteiger partial charge < -0.3 is 14.4 Å². The van der Waals surface area contributed by atoms with E-state index in [4.69, 9.17) is 9.47 Å². The molecule has 1 aliphatic heterocycles. The second-order valence-electron chi connectivity index (χ2n) is 6.69. The molecular formula is C20H22FNO5S. The number of ether oxygens (including phenoxy) is 2. The lowest BCUT2D eigenvalue weighted by Gasteiger charge is -2.29. The second-order valence-corrected chi connectivity index (χ2v) is 8.91. The number of rotatable bonds is 6. The van der Waals surface area contributed by atoms with E-state index in [1.165, 1.54) is 38.5 Å². The molecule has 0 spiro atoms. The van der Waals surface area contributed by atoms with Crippen molar-refractivity contribution >= 4 is 15.7 Å². The van der Waals surface area contributed by atoms with Crippen LogP contribution in [0.2, 0.25) is 0 Å². The van der Waals surface area contributed by atoms with Gasteiger partial charge in [0.15, 0.2) is 21.3 Å². The van der Waals surface area contributed by atoms with Crippen molar-refractivity contribution in [3.63, 3.8) is 0 Å². The Labute approximate surface area is 163 Å². The lowest BCUT2D eigenvalue weighted by Crippen LogP contribution is -2.40. The maximum Gasteiger partial charge on any atom is 0.254 e. The Bertz CT molecular complexity index is 959. The Hall–Kier alpha value is -2.61. The fraction of sp³-hybridized carbons (Fsp3) is 0.350. The average molecular weight is 407 g/mol. The minimum atomic E-state index is -3.18. The van der Waals surface area contributed by atoms with Crippen LogP contribution in [0, 0.1) is 5.82 Å². The molecule has 8 heteroatoms. The van der Waals surface area contributed by atoms with E-state index in [9.17, 15) is 17.6 Å². The van der Waals surface area contributed by atoms with E-state index in [2.05, 4.69) is 0 Å². The standard InChI is InChI=1S/C20H22FNO5S/c1-26-18-8-3-14(11-19(18)27-2)12-22(17-9-10-28(24,25)13-17)20(23)15-4-6-16(21)7-5-15/h3-8,11,17H,9-10,12-13H2,1-2H3/t17-/m0/s1. The van der Waals surface area contributed by atoms with Crippen molar-refractivity contribution in [3.05, 3.63) is 59.4 Å². The Morgan fingerprint density at radius 1 is 1.11 bits per heavy atom. The van der Waals surface area contributed by atoms with Crippen LogP contribution in [0.5, 0.6) is 11.5 Å². The molecule has 3 rings (SSSR count). The smallest absolute Gasteiger partial charge is 0.254 e. The molecule has 0 N–H and O–H groups in total. The zero-order valence-electron chi connectivity index (χ0n) is 15.7. The van der Waals surface area contributed by atoms with Crippen LogP contribution < -0.4 is 9.47 Å². The summed E-state index contributed by atoms with van der Waals surface area (Å²) in [6.07, 6.45) is 0.378. The molecule has 1 fully saturated rings. The van der Waals surface area contributed by atoms with Gasteiger partial charge in [-0.3, -0.25) is 4.79 Å². The monoisotopic (exact) mass is 407 g/mol. The van der Waals surface area contributed by atoms with Crippen molar-refractivity contribution in [1.29, 1.82) is 0 Å². The van der Waals surface area contributed by atoms with Gasteiger partial charge in [0.2, 0.25) is 0 Å². The molecule has 1 saturated heterocycles. The number of amides is 1. The molecule has 2 aromatic rings. The number of benzene rings is 2. The van der Waals surface area contributed by atoms with Gasteiger partial charge in [0.25, 0.3) is 5.91 Å². The number of hydrogen-bond acceptors (Lipinski definition) is 5. The van der Waals surface area contributed by atoms with Gasteiger partial charge in [-0.25, -0.2) is 12.8 Å². The van der Waals surface area contributed by atoms with E-state index in [0.29, 0.717) is 23.5 Å². The minimum Gasteiger partial charge on any atom is -0.493 e. The summed E-state index contributed by atoms with van der Waals surface area (Å²) in [5, 5.41) is 0. The first kappa shape index (κ1) is 20.1. The van der Waals surface area contributed by atoms with Crippen LogP contribution >= 0.6 is 0 Å². The summed E-state index contributed by atoms with van der Waals surface area (Å²) >= 11 is 0. The van der Waals surface area contributed by atoms with Gasteiger partial charge in [-0.15, -0.1) is 0 Å². The SMILES string of the molecule is COc1ccc(CN(C(=O)c2ccc(F)cc2)[C@H]2CCS(=O)(=O)C2)cc1OC. The first-order chi connectivity index (χ1) is 13.3. The highest BCUT2D eigenvalue weighted by Gasteiger charge is 2.35. The lowest BCUT2D eigenvalue weighted by atomic mass is 10.1. The summed E-state index contributed by atoms with van der Waals surface area (Å²) in [6, 6.07) is 10.1. The highest BCUT2D eigenvalue weighted by molar-refractivity contribution is 7.91. The molecule has 2 aromatic carbocycles. The zero-order chi connectivity index (χ0) is 20.3. The first-order valence-corrected chi connectivity index (χ1v) is 10.6. The van der Waals surface area contributed by atoms with E-state index in [-0.39, 0.29) is 24.0 Å². The molecule has 1 amide bonds. The van der Waals surface area contributed by atoms with Crippen molar-refractivity contribution in [2.75, 3.05) is 25.7 Å². The molecule has 1 atom stereocenters. The largest absolute Gasteiger partial charge is 0.493 e. The Kier molecular flexibility index (Phi) is 5.88.